The van der Waals surface area contributed by atoms with Gasteiger partial charge in [0.25, 0.3) is 0 Å². The molecule has 13 heavy (non-hydrogen) atoms. The smallest absolute Gasteiger partial charge is 0.243 e. The number of aliphatic hydroxyl groups is 5. The highest BCUT2D eigenvalue weighted by molar-refractivity contribution is 7.81. The Labute approximate surface area is 79.8 Å². The lowest BCUT2D eigenvalue weighted by Crippen LogP contribution is -2.62. The molecule has 0 aromatic carbocycles. The monoisotopic (exact) mass is 212 g/mol. The largest absolute Gasteiger partial charge is 0.394 e. The molecule has 0 aliphatic carbocycles. The summed E-state index contributed by atoms with van der Waals surface area (Å²) in [5.41, 5.74) is 0. The molecule has 1 heterocycles. The van der Waals surface area contributed by atoms with Gasteiger partial charge in [-0.25, -0.2) is 0 Å². The maximum absolute atomic E-state index is 9.24. The Bertz CT molecular complexity index is 184. The van der Waals surface area contributed by atoms with E-state index in [1.807, 2.05) is 0 Å². The summed E-state index contributed by atoms with van der Waals surface area (Å²) in [7, 11) is 0. The van der Waals surface area contributed by atoms with E-state index in [9.17, 15) is 15.3 Å². The van der Waals surface area contributed by atoms with Gasteiger partial charge in [-0.05, 0) is 0 Å². The first-order chi connectivity index (χ1) is 5.90. The molecule has 5 N–H and O–H groups in total. The van der Waals surface area contributed by atoms with E-state index in [-0.39, 0.29) is 0 Å². The molecule has 1 aliphatic rings. The third kappa shape index (κ3) is 1.96. The van der Waals surface area contributed by atoms with E-state index >= 15 is 0 Å². The molecule has 0 aromatic heterocycles. The number of rotatable bonds is 1. The number of thiol groups is 1. The molecule has 6 nitrogen and oxygen atoms in total. The number of ether oxygens (including phenoxy) is 1. The van der Waals surface area contributed by atoms with Gasteiger partial charge in [-0.1, -0.05) is 0 Å². The van der Waals surface area contributed by atoms with Crippen molar-refractivity contribution in [1.29, 1.82) is 0 Å². The van der Waals surface area contributed by atoms with E-state index in [1.54, 1.807) is 0 Å². The highest BCUT2D eigenvalue weighted by Crippen LogP contribution is 2.30. The van der Waals surface area contributed by atoms with Crippen molar-refractivity contribution < 1.29 is 30.3 Å². The fourth-order valence-electron chi connectivity index (χ4n) is 1.14. The Morgan fingerprint density at radius 2 is 1.77 bits per heavy atom. The van der Waals surface area contributed by atoms with E-state index in [0.717, 1.165) is 0 Å². The number of hydrogen-bond donors (Lipinski definition) is 6. The standard InChI is InChI=1S/C6H12O6S/c7-1-2-3(8)4(9)5(10)6(11,13)12-2/h2-5,7-11,13H,1H2/t2-,3+,4+,5-,6+/m1/s1. The molecule has 7 heteroatoms. The fraction of sp³-hybridized carbons (Fsp3) is 1.00. The van der Waals surface area contributed by atoms with Crippen molar-refractivity contribution in [1.82, 2.24) is 0 Å². The summed E-state index contributed by atoms with van der Waals surface area (Å²) < 4.78 is 4.63. The third-order valence-electron chi connectivity index (χ3n) is 1.94. The maximum Gasteiger partial charge on any atom is 0.243 e. The zero-order valence-electron chi connectivity index (χ0n) is 6.61. The van der Waals surface area contributed by atoms with Crippen LogP contribution >= 0.6 is 12.6 Å². The predicted octanol–water partition coefficient (Wildman–Crippen LogP) is -2.96. The number of aliphatic hydroxyl groups excluding tert-OH is 4. The molecule has 0 spiro atoms. The Balaban J connectivity index is 2.79. The molecule has 0 unspecified atom stereocenters. The van der Waals surface area contributed by atoms with Gasteiger partial charge in [0.05, 0.1) is 6.61 Å². The summed E-state index contributed by atoms with van der Waals surface area (Å²) in [4.78, 5) is 0. The van der Waals surface area contributed by atoms with E-state index < -0.39 is 36.1 Å². The first-order valence-electron chi connectivity index (χ1n) is 3.67. The topological polar surface area (TPSA) is 110 Å². The second-order valence-corrected chi connectivity index (χ2v) is 3.56. The Morgan fingerprint density at radius 1 is 1.23 bits per heavy atom. The van der Waals surface area contributed by atoms with Gasteiger partial charge in [-0.15, -0.1) is 12.6 Å². The lowest BCUT2D eigenvalue weighted by molar-refractivity contribution is -0.304. The van der Waals surface area contributed by atoms with Crippen LogP contribution in [0.4, 0.5) is 0 Å². The van der Waals surface area contributed by atoms with Crippen LogP contribution in [0.2, 0.25) is 0 Å². The van der Waals surface area contributed by atoms with Crippen molar-refractivity contribution in [3.05, 3.63) is 0 Å². The summed E-state index contributed by atoms with van der Waals surface area (Å²) in [5, 5.41) is 43.2. The van der Waals surface area contributed by atoms with Crippen molar-refractivity contribution >= 4 is 12.6 Å². The normalized spacial score (nSPS) is 52.2. The molecule has 0 radical (unpaired) electrons. The molecule has 1 aliphatic heterocycles. The Kier molecular flexibility index (Phi) is 3.18. The van der Waals surface area contributed by atoms with Crippen molar-refractivity contribution in [3.63, 3.8) is 0 Å². The Morgan fingerprint density at radius 3 is 2.23 bits per heavy atom. The Hall–Kier alpha value is 0.110. The van der Waals surface area contributed by atoms with E-state index in [2.05, 4.69) is 17.4 Å². The third-order valence-corrected chi connectivity index (χ3v) is 2.31. The minimum atomic E-state index is -2.26. The van der Waals surface area contributed by atoms with Crippen LogP contribution in [0.1, 0.15) is 0 Å². The SMILES string of the molecule is OC[C@H]1O[C@](O)(S)[C@H](O)[C@@H](O)[C@H]1O. The molecular formula is C6H12O6S. The first-order valence-corrected chi connectivity index (χ1v) is 4.12. The molecule has 0 amide bonds. The average molecular weight is 212 g/mol. The number of hydrogen-bond acceptors (Lipinski definition) is 7. The second kappa shape index (κ2) is 3.70. The van der Waals surface area contributed by atoms with Crippen molar-refractivity contribution in [3.8, 4) is 0 Å². The van der Waals surface area contributed by atoms with Crippen molar-refractivity contribution in [2.24, 2.45) is 0 Å². The zero-order valence-corrected chi connectivity index (χ0v) is 7.50. The van der Waals surface area contributed by atoms with Crippen LogP contribution < -0.4 is 0 Å². The second-order valence-electron chi connectivity index (χ2n) is 2.92. The molecule has 0 bridgehead atoms. The van der Waals surface area contributed by atoms with Gasteiger partial charge in [-0.2, -0.15) is 0 Å². The van der Waals surface area contributed by atoms with Gasteiger partial charge in [0, 0.05) is 0 Å². The summed E-state index contributed by atoms with van der Waals surface area (Å²) in [6.07, 6.45) is -5.95. The maximum atomic E-state index is 9.24. The highest BCUT2D eigenvalue weighted by Gasteiger charge is 2.50. The lowest BCUT2D eigenvalue weighted by atomic mass is 9.99. The lowest BCUT2D eigenvalue weighted by Gasteiger charge is -2.42. The van der Waals surface area contributed by atoms with Crippen LogP contribution in [-0.4, -0.2) is 61.7 Å². The summed E-state index contributed by atoms with van der Waals surface area (Å²) in [6.45, 7) is -0.589. The summed E-state index contributed by atoms with van der Waals surface area (Å²) >= 11 is 3.53. The van der Waals surface area contributed by atoms with Crippen LogP contribution in [0.25, 0.3) is 0 Å². The first kappa shape index (κ1) is 11.2. The summed E-state index contributed by atoms with van der Waals surface area (Å²) in [5.74, 6) is 0. The quantitative estimate of drug-likeness (QED) is 0.205. The molecule has 0 aromatic rings. The van der Waals surface area contributed by atoms with Crippen LogP contribution in [-0.2, 0) is 4.74 Å². The molecule has 78 valence electrons. The van der Waals surface area contributed by atoms with Crippen LogP contribution in [0, 0.1) is 0 Å². The van der Waals surface area contributed by atoms with Gasteiger partial charge in [0.15, 0.2) is 0 Å². The minimum absolute atomic E-state index is 0.589. The fourth-order valence-corrected chi connectivity index (χ4v) is 1.42. The van der Waals surface area contributed by atoms with E-state index in [0.29, 0.717) is 0 Å². The summed E-state index contributed by atoms with van der Waals surface area (Å²) in [6, 6.07) is 0. The average Bonchev–Trinajstić information content (AvgIpc) is 2.08. The van der Waals surface area contributed by atoms with Crippen molar-refractivity contribution in [2.75, 3.05) is 6.61 Å². The van der Waals surface area contributed by atoms with Crippen LogP contribution in [0.5, 0.6) is 0 Å². The van der Waals surface area contributed by atoms with Gasteiger partial charge in [-0.3, -0.25) is 0 Å². The van der Waals surface area contributed by atoms with E-state index in [1.165, 1.54) is 0 Å². The molecule has 1 rings (SSSR count). The molecule has 1 fully saturated rings. The van der Waals surface area contributed by atoms with Crippen LogP contribution in [0.3, 0.4) is 0 Å². The van der Waals surface area contributed by atoms with Gasteiger partial charge < -0.3 is 30.3 Å². The predicted molar refractivity (Wildman–Crippen MR) is 43.9 cm³/mol. The highest BCUT2D eigenvalue weighted by atomic mass is 32.1. The van der Waals surface area contributed by atoms with Crippen molar-refractivity contribution in [2.45, 2.75) is 29.5 Å². The minimum Gasteiger partial charge on any atom is -0.394 e. The zero-order chi connectivity index (χ0) is 10.2. The van der Waals surface area contributed by atoms with E-state index in [4.69, 9.17) is 10.2 Å². The molecular weight excluding hydrogens is 200 g/mol. The van der Waals surface area contributed by atoms with Crippen LogP contribution in [0.15, 0.2) is 0 Å². The van der Waals surface area contributed by atoms with Gasteiger partial charge in [0.2, 0.25) is 5.12 Å². The van der Waals surface area contributed by atoms with Gasteiger partial charge >= 0.3 is 0 Å². The molecule has 1 saturated heterocycles. The molecule has 0 saturated carbocycles. The molecule has 5 atom stereocenters. The van der Waals surface area contributed by atoms with Gasteiger partial charge in [0.1, 0.15) is 24.4 Å².